The SMILES string of the molecule is Cn1cc(C(N)C(=O)Nc2ncccc2O)cn1. The molecule has 0 aliphatic carbocycles. The minimum atomic E-state index is -0.861. The molecule has 0 radical (unpaired) electrons. The lowest BCUT2D eigenvalue weighted by Gasteiger charge is -2.10. The Kier molecular flexibility index (Phi) is 3.24. The maximum atomic E-state index is 11.9. The fourth-order valence-corrected chi connectivity index (χ4v) is 1.44. The predicted molar refractivity (Wildman–Crippen MR) is 64.7 cm³/mol. The third-order valence-electron chi connectivity index (χ3n) is 2.39. The van der Waals surface area contributed by atoms with Crippen molar-refractivity contribution in [3.63, 3.8) is 0 Å². The molecule has 0 aromatic carbocycles. The predicted octanol–water partition coefficient (Wildman–Crippen LogP) is 0.159. The molecule has 94 valence electrons. The molecule has 2 heterocycles. The first-order valence-corrected chi connectivity index (χ1v) is 5.27. The van der Waals surface area contributed by atoms with Gasteiger partial charge in [-0.2, -0.15) is 5.10 Å². The van der Waals surface area contributed by atoms with Crippen molar-refractivity contribution in [2.45, 2.75) is 6.04 Å². The number of hydrogen-bond acceptors (Lipinski definition) is 5. The van der Waals surface area contributed by atoms with E-state index in [9.17, 15) is 9.90 Å². The van der Waals surface area contributed by atoms with Crippen LogP contribution in [-0.4, -0.2) is 25.8 Å². The third-order valence-corrected chi connectivity index (χ3v) is 2.39. The molecule has 1 unspecified atom stereocenters. The average Bonchev–Trinajstić information content (AvgIpc) is 2.78. The van der Waals surface area contributed by atoms with Crippen LogP contribution < -0.4 is 11.1 Å². The number of amides is 1. The maximum Gasteiger partial charge on any atom is 0.247 e. The molecule has 1 amide bonds. The first-order valence-electron chi connectivity index (χ1n) is 5.27. The third kappa shape index (κ3) is 2.46. The number of pyridine rings is 1. The highest BCUT2D eigenvalue weighted by Crippen LogP contribution is 2.20. The molecule has 0 aliphatic heterocycles. The number of nitrogens with zero attached hydrogens (tertiary/aromatic N) is 3. The van der Waals surface area contributed by atoms with E-state index in [4.69, 9.17) is 5.73 Å². The number of nitrogens with one attached hydrogen (secondary N) is 1. The van der Waals surface area contributed by atoms with Crippen molar-refractivity contribution in [1.29, 1.82) is 0 Å². The van der Waals surface area contributed by atoms with E-state index in [0.717, 1.165) is 0 Å². The standard InChI is InChI=1S/C11H13N5O2/c1-16-6-7(5-14-16)9(12)11(18)15-10-8(17)3-2-4-13-10/h2-6,9,17H,12H2,1H3,(H,13,15,18). The summed E-state index contributed by atoms with van der Waals surface area (Å²) in [5.41, 5.74) is 6.36. The molecule has 7 nitrogen and oxygen atoms in total. The first-order chi connectivity index (χ1) is 8.58. The molecule has 2 aromatic rings. The van der Waals surface area contributed by atoms with Crippen LogP contribution in [0.5, 0.6) is 5.75 Å². The molecule has 0 saturated carbocycles. The maximum absolute atomic E-state index is 11.9. The summed E-state index contributed by atoms with van der Waals surface area (Å²) in [6.45, 7) is 0. The number of aromatic nitrogens is 3. The zero-order valence-electron chi connectivity index (χ0n) is 9.74. The fraction of sp³-hybridized carbons (Fsp3) is 0.182. The molecule has 0 bridgehead atoms. The zero-order valence-corrected chi connectivity index (χ0v) is 9.74. The number of anilines is 1. The molecular weight excluding hydrogens is 234 g/mol. The Morgan fingerprint density at radius 2 is 2.39 bits per heavy atom. The monoisotopic (exact) mass is 247 g/mol. The van der Waals surface area contributed by atoms with Crippen LogP contribution in [0, 0.1) is 0 Å². The van der Waals surface area contributed by atoms with Crippen molar-refractivity contribution in [3.8, 4) is 5.75 Å². The molecule has 0 fully saturated rings. The number of aryl methyl sites for hydroxylation is 1. The summed E-state index contributed by atoms with van der Waals surface area (Å²) in [4.78, 5) is 15.7. The summed E-state index contributed by atoms with van der Waals surface area (Å²) < 4.78 is 1.56. The van der Waals surface area contributed by atoms with E-state index in [1.165, 1.54) is 18.5 Å². The summed E-state index contributed by atoms with van der Waals surface area (Å²) in [6.07, 6.45) is 4.63. The van der Waals surface area contributed by atoms with Gasteiger partial charge in [-0.3, -0.25) is 9.48 Å². The van der Waals surface area contributed by atoms with Gasteiger partial charge in [0.05, 0.1) is 6.20 Å². The lowest BCUT2D eigenvalue weighted by Crippen LogP contribution is -2.27. The topological polar surface area (TPSA) is 106 Å². The number of rotatable bonds is 3. The number of carbonyl (C=O) groups excluding carboxylic acids is 1. The molecule has 2 aromatic heterocycles. The van der Waals surface area contributed by atoms with Gasteiger partial charge < -0.3 is 16.2 Å². The van der Waals surface area contributed by atoms with E-state index >= 15 is 0 Å². The van der Waals surface area contributed by atoms with E-state index in [0.29, 0.717) is 5.56 Å². The Morgan fingerprint density at radius 1 is 1.61 bits per heavy atom. The molecule has 0 saturated heterocycles. The van der Waals surface area contributed by atoms with Gasteiger partial charge in [-0.05, 0) is 12.1 Å². The van der Waals surface area contributed by atoms with Crippen molar-refractivity contribution >= 4 is 11.7 Å². The number of carbonyl (C=O) groups is 1. The van der Waals surface area contributed by atoms with Crippen LogP contribution in [0.3, 0.4) is 0 Å². The van der Waals surface area contributed by atoms with Gasteiger partial charge in [-0.25, -0.2) is 4.98 Å². The lowest BCUT2D eigenvalue weighted by atomic mass is 10.1. The number of hydrogen-bond donors (Lipinski definition) is 3. The van der Waals surface area contributed by atoms with E-state index in [1.54, 1.807) is 24.0 Å². The summed E-state index contributed by atoms with van der Waals surface area (Å²) in [7, 11) is 1.73. The minimum absolute atomic E-state index is 0.0850. The summed E-state index contributed by atoms with van der Waals surface area (Å²) >= 11 is 0. The van der Waals surface area contributed by atoms with Crippen LogP contribution in [0.4, 0.5) is 5.82 Å². The summed E-state index contributed by atoms with van der Waals surface area (Å²) in [5.74, 6) is -0.483. The smallest absolute Gasteiger partial charge is 0.247 e. The van der Waals surface area contributed by atoms with Crippen molar-refractivity contribution < 1.29 is 9.90 Å². The van der Waals surface area contributed by atoms with Gasteiger partial charge in [0.15, 0.2) is 11.6 Å². The highest BCUT2D eigenvalue weighted by Gasteiger charge is 2.18. The van der Waals surface area contributed by atoms with Crippen LogP contribution in [0.2, 0.25) is 0 Å². The Hall–Kier alpha value is -2.41. The molecule has 4 N–H and O–H groups in total. The molecule has 0 spiro atoms. The summed E-state index contributed by atoms with van der Waals surface area (Å²) in [5, 5.41) is 15.9. The quantitative estimate of drug-likeness (QED) is 0.716. The van der Waals surface area contributed by atoms with Crippen LogP contribution in [-0.2, 0) is 11.8 Å². The van der Waals surface area contributed by atoms with Gasteiger partial charge in [-0.15, -0.1) is 0 Å². The van der Waals surface area contributed by atoms with E-state index < -0.39 is 11.9 Å². The normalized spacial score (nSPS) is 12.1. The molecule has 18 heavy (non-hydrogen) atoms. The van der Waals surface area contributed by atoms with Gasteiger partial charge in [0, 0.05) is 25.0 Å². The summed E-state index contributed by atoms with van der Waals surface area (Å²) in [6, 6.07) is 2.13. The van der Waals surface area contributed by atoms with Crippen molar-refractivity contribution in [2.24, 2.45) is 12.8 Å². The first kappa shape index (κ1) is 12.1. The van der Waals surface area contributed by atoms with Crippen LogP contribution in [0.15, 0.2) is 30.7 Å². The molecule has 2 rings (SSSR count). The molecule has 7 heteroatoms. The van der Waals surface area contributed by atoms with Gasteiger partial charge in [0.1, 0.15) is 6.04 Å². The van der Waals surface area contributed by atoms with E-state index in [2.05, 4.69) is 15.4 Å². The average molecular weight is 247 g/mol. The molecule has 1 atom stereocenters. The van der Waals surface area contributed by atoms with Gasteiger partial charge >= 0.3 is 0 Å². The second-order valence-electron chi connectivity index (χ2n) is 3.79. The van der Waals surface area contributed by atoms with E-state index in [1.807, 2.05) is 0 Å². The second kappa shape index (κ2) is 4.84. The Bertz CT molecular complexity index is 566. The van der Waals surface area contributed by atoms with Crippen LogP contribution in [0.25, 0.3) is 0 Å². The van der Waals surface area contributed by atoms with Crippen molar-refractivity contribution in [1.82, 2.24) is 14.8 Å². The lowest BCUT2D eigenvalue weighted by molar-refractivity contribution is -0.117. The van der Waals surface area contributed by atoms with Crippen molar-refractivity contribution in [2.75, 3.05) is 5.32 Å². The van der Waals surface area contributed by atoms with E-state index in [-0.39, 0.29) is 11.6 Å². The van der Waals surface area contributed by atoms with Crippen LogP contribution >= 0.6 is 0 Å². The Morgan fingerprint density at radius 3 is 3.00 bits per heavy atom. The van der Waals surface area contributed by atoms with Crippen LogP contribution in [0.1, 0.15) is 11.6 Å². The largest absolute Gasteiger partial charge is 0.504 e. The highest BCUT2D eigenvalue weighted by molar-refractivity contribution is 5.95. The number of nitrogens with two attached hydrogens (primary N) is 1. The minimum Gasteiger partial charge on any atom is -0.504 e. The Balaban J connectivity index is 2.11. The molecule has 0 aliphatic rings. The van der Waals surface area contributed by atoms with Crippen molar-refractivity contribution in [3.05, 3.63) is 36.3 Å². The molecular formula is C11H13N5O2. The second-order valence-corrected chi connectivity index (χ2v) is 3.79. The number of aromatic hydroxyl groups is 1. The van der Waals surface area contributed by atoms with Gasteiger partial charge in [0.2, 0.25) is 5.91 Å². The fourth-order valence-electron chi connectivity index (χ4n) is 1.44. The van der Waals surface area contributed by atoms with Gasteiger partial charge in [0.25, 0.3) is 0 Å². The zero-order chi connectivity index (χ0) is 13.1. The van der Waals surface area contributed by atoms with Gasteiger partial charge in [-0.1, -0.05) is 0 Å². The highest BCUT2D eigenvalue weighted by atomic mass is 16.3. The Labute approximate surface area is 103 Å².